The monoisotopic (exact) mass is 351 g/mol. The van der Waals surface area contributed by atoms with E-state index in [1.165, 1.54) is 4.31 Å². The van der Waals surface area contributed by atoms with Crippen LogP contribution >= 0.6 is 0 Å². The Morgan fingerprint density at radius 2 is 1.75 bits per heavy atom. The Morgan fingerprint density at radius 1 is 1.12 bits per heavy atom. The fourth-order valence-electron chi connectivity index (χ4n) is 3.20. The summed E-state index contributed by atoms with van der Waals surface area (Å²) in [7, 11) is -3.41. The van der Waals surface area contributed by atoms with Crippen LogP contribution in [0.25, 0.3) is 0 Å². The number of fused-ring (bicyclic) bond motifs is 1. The van der Waals surface area contributed by atoms with Crippen molar-refractivity contribution in [3.05, 3.63) is 35.4 Å². The van der Waals surface area contributed by atoms with Gasteiger partial charge in [-0.1, -0.05) is 12.1 Å². The number of carbonyl (C=O) groups excluding carboxylic acids is 2. The maximum Gasteiger partial charge on any atom is 0.261 e. The number of rotatable bonds is 5. The highest BCUT2D eigenvalue weighted by Crippen LogP contribution is 2.22. The van der Waals surface area contributed by atoms with Crippen LogP contribution in [0.15, 0.2) is 24.3 Å². The van der Waals surface area contributed by atoms with Gasteiger partial charge in [0.25, 0.3) is 11.8 Å². The van der Waals surface area contributed by atoms with Gasteiger partial charge < -0.3 is 5.73 Å². The molecule has 1 fully saturated rings. The number of amides is 2. The van der Waals surface area contributed by atoms with Crippen LogP contribution in [0.2, 0.25) is 0 Å². The van der Waals surface area contributed by atoms with Crippen molar-refractivity contribution in [2.45, 2.75) is 25.3 Å². The Bertz CT molecular complexity index is 727. The van der Waals surface area contributed by atoms with Gasteiger partial charge in [-0.3, -0.25) is 14.5 Å². The number of imide groups is 1. The van der Waals surface area contributed by atoms with Crippen molar-refractivity contribution in [1.82, 2.24) is 9.21 Å². The van der Waals surface area contributed by atoms with E-state index in [-0.39, 0.29) is 36.6 Å². The predicted octanol–water partition coefficient (Wildman–Crippen LogP) is 0.426. The topological polar surface area (TPSA) is 101 Å². The van der Waals surface area contributed by atoms with Crippen molar-refractivity contribution >= 4 is 21.8 Å². The van der Waals surface area contributed by atoms with Gasteiger partial charge in [0.15, 0.2) is 0 Å². The van der Waals surface area contributed by atoms with Crippen molar-refractivity contribution in [2.24, 2.45) is 5.73 Å². The normalized spacial score (nSPS) is 22.0. The molecule has 0 spiro atoms. The Morgan fingerprint density at radius 3 is 2.33 bits per heavy atom. The van der Waals surface area contributed by atoms with E-state index >= 15 is 0 Å². The number of hydrogen-bond donors (Lipinski definition) is 1. The Labute approximate surface area is 141 Å². The number of nitrogens with zero attached hydrogens (tertiary/aromatic N) is 2. The van der Waals surface area contributed by atoms with E-state index < -0.39 is 10.0 Å². The zero-order chi connectivity index (χ0) is 17.3. The second kappa shape index (κ2) is 6.62. The molecule has 2 aliphatic heterocycles. The quantitative estimate of drug-likeness (QED) is 0.775. The van der Waals surface area contributed by atoms with E-state index in [0.29, 0.717) is 24.2 Å². The molecule has 2 aliphatic rings. The molecule has 24 heavy (non-hydrogen) atoms. The largest absolute Gasteiger partial charge is 0.327 e. The van der Waals surface area contributed by atoms with Crippen LogP contribution in [0.1, 0.15) is 40.0 Å². The number of carbonyl (C=O) groups is 2. The third-order valence-corrected chi connectivity index (χ3v) is 6.40. The van der Waals surface area contributed by atoms with Gasteiger partial charge in [-0.2, -0.15) is 0 Å². The molecule has 1 unspecified atom stereocenters. The first-order valence-electron chi connectivity index (χ1n) is 8.09. The Hall–Kier alpha value is -1.77. The minimum absolute atomic E-state index is 0.0902. The summed E-state index contributed by atoms with van der Waals surface area (Å²) < 4.78 is 26.2. The molecule has 0 saturated carbocycles. The Kier molecular flexibility index (Phi) is 4.71. The van der Waals surface area contributed by atoms with Crippen molar-refractivity contribution in [3.8, 4) is 0 Å². The first-order chi connectivity index (χ1) is 11.4. The lowest BCUT2D eigenvalue weighted by molar-refractivity contribution is 0.0654. The van der Waals surface area contributed by atoms with E-state index in [1.807, 2.05) is 0 Å². The zero-order valence-electron chi connectivity index (χ0n) is 13.3. The molecule has 0 aliphatic carbocycles. The summed E-state index contributed by atoms with van der Waals surface area (Å²) in [5.41, 5.74) is 6.60. The number of nitrogens with two attached hydrogens (primary N) is 1. The molecule has 7 nitrogen and oxygen atoms in total. The summed E-state index contributed by atoms with van der Waals surface area (Å²) in [6.07, 6.45) is 1.82. The van der Waals surface area contributed by atoms with Crippen LogP contribution in [-0.2, 0) is 10.0 Å². The van der Waals surface area contributed by atoms with Gasteiger partial charge in [0, 0.05) is 25.7 Å². The van der Waals surface area contributed by atoms with Crippen LogP contribution < -0.4 is 5.73 Å². The summed E-state index contributed by atoms with van der Waals surface area (Å²) in [4.78, 5) is 25.6. The molecule has 130 valence electrons. The third kappa shape index (κ3) is 3.22. The summed E-state index contributed by atoms with van der Waals surface area (Å²) in [6, 6.07) is 6.52. The summed E-state index contributed by atoms with van der Waals surface area (Å²) in [5.74, 6) is -0.798. The third-order valence-electron chi connectivity index (χ3n) is 4.48. The van der Waals surface area contributed by atoms with Crippen LogP contribution in [0.4, 0.5) is 0 Å². The minimum atomic E-state index is -3.41. The van der Waals surface area contributed by atoms with Gasteiger partial charge in [-0.05, 0) is 31.4 Å². The zero-order valence-corrected chi connectivity index (χ0v) is 14.2. The first kappa shape index (κ1) is 17.1. The van der Waals surface area contributed by atoms with Crippen LogP contribution in [0.5, 0.6) is 0 Å². The van der Waals surface area contributed by atoms with E-state index in [0.717, 1.165) is 17.7 Å². The maximum absolute atomic E-state index is 12.4. The van der Waals surface area contributed by atoms with Crippen LogP contribution in [0.3, 0.4) is 0 Å². The lowest BCUT2D eigenvalue weighted by Gasteiger charge is -2.30. The molecule has 0 bridgehead atoms. The van der Waals surface area contributed by atoms with E-state index in [2.05, 4.69) is 0 Å². The number of sulfonamides is 1. The van der Waals surface area contributed by atoms with Crippen LogP contribution in [0, 0.1) is 0 Å². The molecule has 0 aromatic heterocycles. The molecule has 1 aromatic rings. The lowest BCUT2D eigenvalue weighted by atomic mass is 10.1. The molecule has 2 heterocycles. The summed E-state index contributed by atoms with van der Waals surface area (Å²) in [5, 5.41) is 0. The van der Waals surface area contributed by atoms with E-state index in [1.54, 1.807) is 24.3 Å². The molecule has 2 N–H and O–H groups in total. The SMILES string of the molecule is NC1CCCN(S(=O)(=O)CCCN2C(=O)c3ccccc3C2=O)C1. The van der Waals surface area contributed by atoms with Crippen molar-refractivity contribution < 1.29 is 18.0 Å². The van der Waals surface area contributed by atoms with Gasteiger partial charge in [0.1, 0.15) is 0 Å². The molecule has 1 aromatic carbocycles. The maximum atomic E-state index is 12.4. The molecular weight excluding hydrogens is 330 g/mol. The summed E-state index contributed by atoms with van der Waals surface area (Å²) >= 11 is 0. The standard InChI is InChI=1S/C16H21N3O4S/c17-12-5-3-8-18(11-12)24(22,23)10-4-9-19-15(20)13-6-1-2-7-14(13)16(19)21/h1-2,6-7,12H,3-5,8-11,17H2. The van der Waals surface area contributed by atoms with Crippen molar-refractivity contribution in [1.29, 1.82) is 0 Å². The van der Waals surface area contributed by atoms with Gasteiger partial charge >= 0.3 is 0 Å². The smallest absolute Gasteiger partial charge is 0.261 e. The highest BCUT2D eigenvalue weighted by molar-refractivity contribution is 7.89. The second-order valence-electron chi connectivity index (χ2n) is 6.24. The van der Waals surface area contributed by atoms with E-state index in [9.17, 15) is 18.0 Å². The highest BCUT2D eigenvalue weighted by atomic mass is 32.2. The van der Waals surface area contributed by atoms with Crippen molar-refractivity contribution in [3.63, 3.8) is 0 Å². The average Bonchev–Trinajstić information content (AvgIpc) is 2.80. The average molecular weight is 351 g/mol. The number of hydrogen-bond acceptors (Lipinski definition) is 5. The molecule has 3 rings (SSSR count). The number of benzene rings is 1. The molecular formula is C16H21N3O4S. The van der Waals surface area contributed by atoms with Gasteiger partial charge in [0.2, 0.25) is 10.0 Å². The molecule has 1 saturated heterocycles. The second-order valence-corrected chi connectivity index (χ2v) is 8.33. The molecule has 8 heteroatoms. The Balaban J connectivity index is 1.59. The predicted molar refractivity (Wildman–Crippen MR) is 89.0 cm³/mol. The number of piperidine rings is 1. The van der Waals surface area contributed by atoms with Crippen LogP contribution in [-0.4, -0.2) is 60.9 Å². The van der Waals surface area contributed by atoms with E-state index in [4.69, 9.17) is 5.73 Å². The molecule has 1 atom stereocenters. The summed E-state index contributed by atoms with van der Waals surface area (Å²) in [6.45, 7) is 0.934. The lowest BCUT2D eigenvalue weighted by Crippen LogP contribution is -2.46. The molecule has 0 radical (unpaired) electrons. The minimum Gasteiger partial charge on any atom is -0.327 e. The van der Waals surface area contributed by atoms with Gasteiger partial charge in [0.05, 0.1) is 16.9 Å². The highest BCUT2D eigenvalue weighted by Gasteiger charge is 2.35. The first-order valence-corrected chi connectivity index (χ1v) is 9.70. The fraction of sp³-hybridized carbons (Fsp3) is 0.500. The molecule has 2 amide bonds. The van der Waals surface area contributed by atoms with Gasteiger partial charge in [-0.25, -0.2) is 12.7 Å². The fourth-order valence-corrected chi connectivity index (χ4v) is 4.78. The van der Waals surface area contributed by atoms with Gasteiger partial charge in [-0.15, -0.1) is 0 Å². The van der Waals surface area contributed by atoms with Crippen molar-refractivity contribution in [2.75, 3.05) is 25.4 Å².